The van der Waals surface area contributed by atoms with Crippen LogP contribution in [0.5, 0.6) is 0 Å². The summed E-state index contributed by atoms with van der Waals surface area (Å²) < 4.78 is 25.4. The van der Waals surface area contributed by atoms with Crippen LogP contribution >= 0.6 is 0 Å². The van der Waals surface area contributed by atoms with Crippen LogP contribution in [-0.4, -0.2) is 23.8 Å². The van der Waals surface area contributed by atoms with E-state index in [1.807, 2.05) is 60.7 Å². The van der Waals surface area contributed by atoms with Crippen molar-refractivity contribution < 1.29 is 13.6 Å². The molecule has 2 nitrogen and oxygen atoms in total. The Morgan fingerprint density at radius 1 is 0.905 bits per heavy atom. The summed E-state index contributed by atoms with van der Waals surface area (Å²) in [6.45, 7) is 0.485. The Labute approximate surface area is 123 Å². The minimum absolute atomic E-state index is 0.205. The van der Waals surface area contributed by atoms with E-state index in [0.717, 1.165) is 11.1 Å². The van der Waals surface area contributed by atoms with Gasteiger partial charge in [0.15, 0.2) is 0 Å². The number of alkyl halides is 2. The quantitative estimate of drug-likeness (QED) is 0.796. The summed E-state index contributed by atoms with van der Waals surface area (Å²) in [5, 5.41) is 0. The molecule has 2 aromatic rings. The third-order valence-corrected chi connectivity index (χ3v) is 3.23. The van der Waals surface area contributed by atoms with Crippen molar-refractivity contribution in [1.82, 2.24) is 4.90 Å². The van der Waals surface area contributed by atoms with Gasteiger partial charge in [0.25, 0.3) is 5.91 Å². The van der Waals surface area contributed by atoms with Gasteiger partial charge in [-0.25, -0.2) is 0 Å². The van der Waals surface area contributed by atoms with Gasteiger partial charge in [-0.15, -0.1) is 0 Å². The summed E-state index contributed by atoms with van der Waals surface area (Å²) in [5.41, 5.74) is 1.87. The number of halogens is 2. The number of carbonyl (C=O) groups is 1. The summed E-state index contributed by atoms with van der Waals surface area (Å²) in [4.78, 5) is 12.9. The molecule has 0 unspecified atom stereocenters. The molecule has 0 N–H and O–H groups in total. The standard InChI is InChI=1S/C17H17F2NO/c18-16(19)17(21)20(13-15-9-5-2-6-10-15)12-11-14-7-3-1-4-8-14/h1-10,16H,11-13H2. The van der Waals surface area contributed by atoms with Crippen molar-refractivity contribution in [3.8, 4) is 0 Å². The van der Waals surface area contributed by atoms with Crippen molar-refractivity contribution in [3.05, 3.63) is 71.8 Å². The zero-order chi connectivity index (χ0) is 15.1. The number of hydrogen-bond donors (Lipinski definition) is 0. The molecule has 0 aliphatic carbocycles. The van der Waals surface area contributed by atoms with Crippen LogP contribution in [0.1, 0.15) is 11.1 Å². The lowest BCUT2D eigenvalue weighted by Crippen LogP contribution is -2.36. The first kappa shape index (κ1) is 15.2. The third kappa shape index (κ3) is 4.67. The minimum atomic E-state index is -2.97. The second-order valence-corrected chi connectivity index (χ2v) is 4.78. The molecule has 110 valence electrons. The first-order valence-electron chi connectivity index (χ1n) is 6.81. The van der Waals surface area contributed by atoms with E-state index in [4.69, 9.17) is 0 Å². The van der Waals surface area contributed by atoms with Crippen molar-refractivity contribution in [2.75, 3.05) is 6.54 Å². The summed E-state index contributed by atoms with van der Waals surface area (Å²) >= 11 is 0. The number of nitrogens with zero attached hydrogens (tertiary/aromatic N) is 1. The first-order chi connectivity index (χ1) is 10.2. The molecule has 0 spiro atoms. The van der Waals surface area contributed by atoms with E-state index in [-0.39, 0.29) is 13.1 Å². The Kier molecular flexibility index (Phi) is 5.43. The van der Waals surface area contributed by atoms with Gasteiger partial charge < -0.3 is 4.90 Å². The van der Waals surface area contributed by atoms with Crippen LogP contribution in [0.25, 0.3) is 0 Å². The van der Waals surface area contributed by atoms with E-state index in [9.17, 15) is 13.6 Å². The van der Waals surface area contributed by atoms with Gasteiger partial charge in [-0.2, -0.15) is 8.78 Å². The Morgan fingerprint density at radius 2 is 1.43 bits per heavy atom. The maximum absolute atomic E-state index is 12.7. The first-order valence-corrected chi connectivity index (χ1v) is 6.81. The van der Waals surface area contributed by atoms with Crippen molar-refractivity contribution in [3.63, 3.8) is 0 Å². The van der Waals surface area contributed by atoms with Gasteiger partial charge in [-0.1, -0.05) is 60.7 Å². The fraction of sp³-hybridized carbons (Fsp3) is 0.235. The molecule has 0 aromatic heterocycles. The lowest BCUT2D eigenvalue weighted by atomic mass is 10.1. The summed E-state index contributed by atoms with van der Waals surface area (Å²) in [7, 11) is 0. The largest absolute Gasteiger partial charge is 0.333 e. The van der Waals surface area contributed by atoms with E-state index < -0.39 is 12.3 Å². The van der Waals surface area contributed by atoms with Crippen LogP contribution in [0.2, 0.25) is 0 Å². The SMILES string of the molecule is O=C(C(F)F)N(CCc1ccccc1)Cc1ccccc1. The average Bonchev–Trinajstić information content (AvgIpc) is 2.52. The monoisotopic (exact) mass is 289 g/mol. The molecule has 0 saturated carbocycles. The van der Waals surface area contributed by atoms with Crippen LogP contribution in [0.15, 0.2) is 60.7 Å². The molecule has 1 amide bonds. The van der Waals surface area contributed by atoms with Gasteiger partial charge in [0.2, 0.25) is 0 Å². The van der Waals surface area contributed by atoms with Crippen LogP contribution in [0, 0.1) is 0 Å². The highest BCUT2D eigenvalue weighted by molar-refractivity contribution is 5.79. The number of benzene rings is 2. The second kappa shape index (κ2) is 7.53. The normalized spacial score (nSPS) is 10.6. The molecule has 0 fully saturated rings. The highest BCUT2D eigenvalue weighted by Gasteiger charge is 2.23. The average molecular weight is 289 g/mol. The number of amides is 1. The Bertz CT molecular complexity index is 558. The zero-order valence-electron chi connectivity index (χ0n) is 11.6. The number of rotatable bonds is 6. The fourth-order valence-electron chi connectivity index (χ4n) is 2.12. The number of carbonyl (C=O) groups excluding carboxylic acids is 1. The summed E-state index contributed by atoms with van der Waals surface area (Å²) in [5.74, 6) is -1.12. The minimum Gasteiger partial charge on any atom is -0.333 e. The summed E-state index contributed by atoms with van der Waals surface area (Å²) in [6.07, 6.45) is -2.41. The van der Waals surface area contributed by atoms with Gasteiger partial charge in [-0.3, -0.25) is 4.79 Å². The Balaban J connectivity index is 2.04. The van der Waals surface area contributed by atoms with E-state index in [0.29, 0.717) is 6.42 Å². The molecule has 0 atom stereocenters. The molecule has 0 saturated heterocycles. The molecule has 0 heterocycles. The van der Waals surface area contributed by atoms with Gasteiger partial charge in [0.05, 0.1) is 0 Å². The molecule has 0 bridgehead atoms. The van der Waals surface area contributed by atoms with Crippen molar-refractivity contribution in [1.29, 1.82) is 0 Å². The lowest BCUT2D eigenvalue weighted by Gasteiger charge is -2.22. The highest BCUT2D eigenvalue weighted by Crippen LogP contribution is 2.10. The van der Waals surface area contributed by atoms with Crippen molar-refractivity contribution in [2.24, 2.45) is 0 Å². The highest BCUT2D eigenvalue weighted by atomic mass is 19.3. The van der Waals surface area contributed by atoms with Gasteiger partial charge in [0, 0.05) is 13.1 Å². The van der Waals surface area contributed by atoms with Gasteiger partial charge >= 0.3 is 6.43 Å². The fourth-order valence-corrected chi connectivity index (χ4v) is 2.12. The second-order valence-electron chi connectivity index (χ2n) is 4.78. The van der Waals surface area contributed by atoms with Crippen molar-refractivity contribution in [2.45, 2.75) is 19.4 Å². The zero-order valence-corrected chi connectivity index (χ0v) is 11.6. The summed E-state index contributed by atoms with van der Waals surface area (Å²) in [6, 6.07) is 18.7. The molecule has 0 aliphatic rings. The molecule has 0 aliphatic heterocycles. The van der Waals surface area contributed by atoms with Crippen molar-refractivity contribution >= 4 is 5.91 Å². The molecule has 4 heteroatoms. The molecule has 2 aromatic carbocycles. The third-order valence-electron chi connectivity index (χ3n) is 3.23. The smallest absolute Gasteiger partial charge is 0.315 e. The number of hydrogen-bond acceptors (Lipinski definition) is 1. The lowest BCUT2D eigenvalue weighted by molar-refractivity contribution is -0.143. The molecule has 2 rings (SSSR count). The van der Waals surface area contributed by atoms with Crippen LogP contribution in [0.4, 0.5) is 8.78 Å². The maximum atomic E-state index is 12.7. The van der Waals surface area contributed by atoms with E-state index in [1.54, 1.807) is 0 Å². The van der Waals surface area contributed by atoms with Crippen LogP contribution in [-0.2, 0) is 17.8 Å². The van der Waals surface area contributed by atoms with Crippen LogP contribution in [0.3, 0.4) is 0 Å². The Hall–Kier alpha value is -2.23. The Morgan fingerprint density at radius 3 is 1.95 bits per heavy atom. The van der Waals surface area contributed by atoms with Crippen LogP contribution < -0.4 is 0 Å². The molecule has 0 radical (unpaired) electrons. The van der Waals surface area contributed by atoms with E-state index in [1.165, 1.54) is 4.90 Å². The van der Waals surface area contributed by atoms with E-state index in [2.05, 4.69) is 0 Å². The molecule has 21 heavy (non-hydrogen) atoms. The predicted octanol–water partition coefficient (Wildman–Crippen LogP) is 3.52. The molecular weight excluding hydrogens is 272 g/mol. The maximum Gasteiger partial charge on any atom is 0.315 e. The van der Waals surface area contributed by atoms with Gasteiger partial charge in [0.1, 0.15) is 0 Å². The topological polar surface area (TPSA) is 20.3 Å². The predicted molar refractivity (Wildman–Crippen MR) is 78.0 cm³/mol. The van der Waals surface area contributed by atoms with E-state index >= 15 is 0 Å². The molecular formula is C17H17F2NO. The van der Waals surface area contributed by atoms with Gasteiger partial charge in [-0.05, 0) is 17.5 Å².